The lowest BCUT2D eigenvalue weighted by Crippen LogP contribution is -2.11. The van der Waals surface area contributed by atoms with Crippen LogP contribution in [0.1, 0.15) is 46.6 Å². The maximum atomic E-state index is 13.0. The number of halogens is 10. The fraction of sp³-hybridized carbons (Fsp3) is 0.286. The molecule has 2 nitrogen and oxygen atoms in total. The van der Waals surface area contributed by atoms with Crippen LogP contribution in [0.4, 0.5) is 39.5 Å². The van der Waals surface area contributed by atoms with Crippen molar-refractivity contribution in [2.24, 2.45) is 5.16 Å². The Morgan fingerprint density at radius 3 is 1.85 bits per heavy atom. The van der Waals surface area contributed by atoms with Gasteiger partial charge < -0.3 is 5.21 Å². The molecule has 2 aromatic rings. The van der Waals surface area contributed by atoms with Crippen LogP contribution < -0.4 is 0 Å². The van der Waals surface area contributed by atoms with Crippen LogP contribution in [-0.4, -0.2) is 11.4 Å². The van der Waals surface area contributed by atoms with E-state index in [1.54, 1.807) is 0 Å². The molecule has 0 radical (unpaired) electrons. The van der Waals surface area contributed by atoms with Gasteiger partial charge in [0.1, 0.15) is 0 Å². The van der Waals surface area contributed by atoms with E-state index in [2.05, 4.69) is 5.16 Å². The Morgan fingerprint density at radius 2 is 1.36 bits per heavy atom. The first-order valence-electron chi connectivity index (χ1n) is 9.13. The molecule has 0 spiro atoms. The third kappa shape index (κ3) is 7.41. The van der Waals surface area contributed by atoms with Gasteiger partial charge in [0, 0.05) is 10.9 Å². The van der Waals surface area contributed by atoms with Gasteiger partial charge in [0.25, 0.3) is 0 Å². The van der Waals surface area contributed by atoms with E-state index in [0.717, 1.165) is 30.5 Å². The molecule has 12 heteroatoms. The van der Waals surface area contributed by atoms with Crippen molar-refractivity contribution < 1.29 is 44.7 Å². The molecule has 0 aliphatic carbocycles. The molecule has 0 bridgehead atoms. The third-order valence-corrected chi connectivity index (χ3v) is 4.88. The highest BCUT2D eigenvalue weighted by Gasteiger charge is 2.36. The summed E-state index contributed by atoms with van der Waals surface area (Å²) < 4.78 is 117. The van der Waals surface area contributed by atoms with Gasteiger partial charge in [0.15, 0.2) is 0 Å². The maximum Gasteiger partial charge on any atom is 0.416 e. The Labute approximate surface area is 187 Å². The molecule has 1 unspecified atom stereocenters. The first kappa shape index (κ1) is 26.6. The van der Waals surface area contributed by atoms with Crippen molar-refractivity contribution >= 4 is 23.9 Å². The SMILES string of the molecule is ON=CC(CCC=Cc1cc(C(F)(F)F)cc(C(F)(F)F)c1)c1cc(C(F)(F)F)ccc1Cl. The number of hydrogen-bond donors (Lipinski definition) is 1. The highest BCUT2D eigenvalue weighted by Crippen LogP contribution is 2.37. The molecule has 0 aromatic heterocycles. The van der Waals surface area contributed by atoms with Crippen LogP contribution in [0, 0.1) is 0 Å². The minimum atomic E-state index is -4.99. The molecule has 33 heavy (non-hydrogen) atoms. The average Bonchev–Trinajstić information content (AvgIpc) is 2.68. The normalized spacial score (nSPS) is 14.4. The molecular formula is C21H15ClF9NO. The fourth-order valence-electron chi connectivity index (χ4n) is 2.97. The van der Waals surface area contributed by atoms with Gasteiger partial charge in [-0.15, -0.1) is 5.16 Å². The van der Waals surface area contributed by atoms with Crippen molar-refractivity contribution in [3.8, 4) is 0 Å². The van der Waals surface area contributed by atoms with Crippen molar-refractivity contribution in [1.82, 2.24) is 0 Å². The number of alkyl halides is 9. The van der Waals surface area contributed by atoms with Gasteiger partial charge in [-0.1, -0.05) is 23.8 Å². The zero-order valence-corrected chi connectivity index (χ0v) is 17.1. The van der Waals surface area contributed by atoms with Crippen LogP contribution in [0.3, 0.4) is 0 Å². The lowest BCUT2D eigenvalue weighted by molar-refractivity contribution is -0.143. The topological polar surface area (TPSA) is 32.6 Å². The number of benzene rings is 2. The van der Waals surface area contributed by atoms with Crippen molar-refractivity contribution in [2.75, 3.05) is 0 Å². The molecule has 0 fully saturated rings. The van der Waals surface area contributed by atoms with Crippen LogP contribution in [-0.2, 0) is 18.5 Å². The molecule has 1 N–H and O–H groups in total. The molecule has 0 heterocycles. The highest BCUT2D eigenvalue weighted by molar-refractivity contribution is 6.31. The zero-order valence-electron chi connectivity index (χ0n) is 16.4. The smallest absolute Gasteiger partial charge is 0.411 e. The van der Waals surface area contributed by atoms with Gasteiger partial charge >= 0.3 is 18.5 Å². The molecule has 2 rings (SSSR count). The van der Waals surface area contributed by atoms with Crippen LogP contribution in [0.15, 0.2) is 47.6 Å². The molecular weight excluding hydrogens is 489 g/mol. The molecule has 2 aromatic carbocycles. The highest BCUT2D eigenvalue weighted by atomic mass is 35.5. The molecule has 0 saturated heterocycles. The second kappa shape index (κ2) is 10.1. The first-order valence-corrected chi connectivity index (χ1v) is 9.51. The minimum absolute atomic E-state index is 0.000715. The predicted molar refractivity (Wildman–Crippen MR) is 104 cm³/mol. The number of allylic oxidation sites excluding steroid dienone is 1. The molecule has 0 amide bonds. The van der Waals surface area contributed by atoms with Crippen molar-refractivity contribution in [2.45, 2.75) is 37.3 Å². The van der Waals surface area contributed by atoms with Crippen LogP contribution >= 0.6 is 11.6 Å². The lowest BCUT2D eigenvalue weighted by atomic mass is 9.93. The molecule has 180 valence electrons. The number of hydrogen-bond acceptors (Lipinski definition) is 2. The van der Waals surface area contributed by atoms with Gasteiger partial charge in [0.05, 0.1) is 22.9 Å². The maximum absolute atomic E-state index is 13.0. The van der Waals surface area contributed by atoms with E-state index in [1.807, 2.05) is 0 Å². The van der Waals surface area contributed by atoms with Crippen LogP contribution in [0.2, 0.25) is 5.02 Å². The Kier molecular flexibility index (Phi) is 8.10. The summed E-state index contributed by atoms with van der Waals surface area (Å²) in [5.41, 5.74) is -4.30. The quantitative estimate of drug-likeness (QED) is 0.182. The number of oxime groups is 1. The Morgan fingerprint density at radius 1 is 0.818 bits per heavy atom. The fourth-order valence-corrected chi connectivity index (χ4v) is 3.22. The van der Waals surface area contributed by atoms with E-state index < -0.39 is 41.1 Å². The summed E-state index contributed by atoms with van der Waals surface area (Å²) in [6.07, 6.45) is -11.4. The van der Waals surface area contributed by atoms with Gasteiger partial charge in [-0.25, -0.2) is 0 Å². The van der Waals surface area contributed by atoms with Crippen molar-refractivity contribution in [3.63, 3.8) is 0 Å². The summed E-state index contributed by atoms with van der Waals surface area (Å²) in [4.78, 5) is 0. The van der Waals surface area contributed by atoms with Gasteiger partial charge in [-0.2, -0.15) is 39.5 Å². The molecule has 0 aliphatic heterocycles. The Balaban J connectivity index is 2.26. The van der Waals surface area contributed by atoms with Gasteiger partial charge in [0.2, 0.25) is 0 Å². The van der Waals surface area contributed by atoms with E-state index >= 15 is 0 Å². The van der Waals surface area contributed by atoms with Gasteiger partial charge in [-0.3, -0.25) is 0 Å². The van der Waals surface area contributed by atoms with E-state index in [4.69, 9.17) is 16.8 Å². The molecule has 1 atom stereocenters. The lowest BCUT2D eigenvalue weighted by Gasteiger charge is -2.16. The van der Waals surface area contributed by atoms with Crippen molar-refractivity contribution in [3.05, 3.63) is 75.3 Å². The van der Waals surface area contributed by atoms with E-state index in [1.165, 1.54) is 6.08 Å². The average molecular weight is 504 g/mol. The third-order valence-electron chi connectivity index (χ3n) is 4.53. The van der Waals surface area contributed by atoms with Crippen molar-refractivity contribution in [1.29, 1.82) is 0 Å². The number of rotatable bonds is 6. The Bertz CT molecular complexity index is 992. The zero-order chi connectivity index (χ0) is 25.0. The van der Waals surface area contributed by atoms with E-state index in [0.29, 0.717) is 12.1 Å². The number of nitrogens with zero attached hydrogens (tertiary/aromatic N) is 1. The van der Waals surface area contributed by atoms with Crippen LogP contribution in [0.5, 0.6) is 0 Å². The minimum Gasteiger partial charge on any atom is -0.411 e. The second-order valence-corrected chi connectivity index (χ2v) is 7.33. The molecule has 0 saturated carbocycles. The summed E-state index contributed by atoms with van der Waals surface area (Å²) in [6, 6.07) is 3.66. The van der Waals surface area contributed by atoms with E-state index in [9.17, 15) is 39.5 Å². The summed E-state index contributed by atoms with van der Waals surface area (Å²) in [6.45, 7) is 0. The standard InChI is InChI=1S/C21H15ClF9NO/c22-18-6-5-14(19(23,24)25)10-17(18)13(11-32-33)4-2-1-3-12-7-15(20(26,27)28)9-16(8-12)21(29,30)31/h1,3,5-11,13,33H,2,4H2. The summed E-state index contributed by atoms with van der Waals surface area (Å²) in [5, 5.41) is 11.6. The Hall–Kier alpha value is -2.69. The summed E-state index contributed by atoms with van der Waals surface area (Å²) in [5.74, 6) is -0.901. The summed E-state index contributed by atoms with van der Waals surface area (Å²) >= 11 is 5.96. The van der Waals surface area contributed by atoms with Crippen LogP contribution in [0.25, 0.3) is 6.08 Å². The van der Waals surface area contributed by atoms with Gasteiger partial charge in [-0.05, 0) is 60.4 Å². The second-order valence-electron chi connectivity index (χ2n) is 6.92. The monoisotopic (exact) mass is 503 g/mol. The summed E-state index contributed by atoms with van der Waals surface area (Å²) in [7, 11) is 0. The predicted octanol–water partition coefficient (Wildman–Crippen LogP) is 8.43. The molecule has 0 aliphatic rings. The van der Waals surface area contributed by atoms with E-state index in [-0.39, 0.29) is 35.1 Å². The first-order chi connectivity index (χ1) is 15.1. The largest absolute Gasteiger partial charge is 0.416 e.